The molecule has 1 rings (SSSR count). The van der Waals surface area contributed by atoms with Gasteiger partial charge in [0.05, 0.1) is 5.92 Å². The fraction of sp³-hybridized carbons (Fsp3) is 0.923. The highest BCUT2D eigenvalue weighted by atomic mass is 32.2. The zero-order chi connectivity index (χ0) is 12.9. The summed E-state index contributed by atoms with van der Waals surface area (Å²) in [5, 5.41) is 3.06. The van der Waals surface area contributed by atoms with Crippen LogP contribution in [0.25, 0.3) is 0 Å². The molecule has 1 fully saturated rings. The number of hydrogen-bond acceptors (Lipinski definition) is 3. The highest BCUT2D eigenvalue weighted by molar-refractivity contribution is 7.99. The Bertz CT molecular complexity index is 256. The number of nitrogens with two attached hydrogens (primary N) is 1. The van der Waals surface area contributed by atoms with Crippen molar-refractivity contribution in [2.45, 2.75) is 56.7 Å². The van der Waals surface area contributed by atoms with Crippen LogP contribution in [0, 0.1) is 5.92 Å². The first-order valence-electron chi connectivity index (χ1n) is 6.55. The Morgan fingerprint density at radius 1 is 1.35 bits per heavy atom. The van der Waals surface area contributed by atoms with Crippen molar-refractivity contribution in [2.24, 2.45) is 11.7 Å². The van der Waals surface area contributed by atoms with E-state index < -0.39 is 0 Å². The molecule has 3 N–H and O–H groups in total. The maximum atomic E-state index is 12.1. The summed E-state index contributed by atoms with van der Waals surface area (Å²) in [6.45, 7) is 5.01. The molecule has 4 heteroatoms. The predicted octanol–water partition coefficient (Wildman–Crippen LogP) is 2.15. The number of carbonyl (C=O) groups is 1. The fourth-order valence-corrected chi connectivity index (χ4v) is 2.38. The summed E-state index contributed by atoms with van der Waals surface area (Å²) in [5.74, 6) is 0.177. The largest absolute Gasteiger partial charge is 0.354 e. The Balaban J connectivity index is 2.45. The Labute approximate surface area is 109 Å². The van der Waals surface area contributed by atoms with Gasteiger partial charge in [-0.05, 0) is 32.9 Å². The third kappa shape index (κ3) is 4.88. The van der Waals surface area contributed by atoms with E-state index in [1.807, 2.05) is 0 Å². The van der Waals surface area contributed by atoms with E-state index in [4.69, 9.17) is 5.73 Å². The van der Waals surface area contributed by atoms with Crippen molar-refractivity contribution in [1.82, 2.24) is 5.32 Å². The molecule has 3 nitrogen and oxygen atoms in total. The Morgan fingerprint density at radius 3 is 2.65 bits per heavy atom. The van der Waals surface area contributed by atoms with Crippen LogP contribution in [0.4, 0.5) is 0 Å². The van der Waals surface area contributed by atoms with Crippen LogP contribution in [0.3, 0.4) is 0 Å². The summed E-state index contributed by atoms with van der Waals surface area (Å²) in [7, 11) is 0. The molecule has 1 amide bonds. The molecule has 0 aliphatic heterocycles. The zero-order valence-corrected chi connectivity index (χ0v) is 12.1. The van der Waals surface area contributed by atoms with Crippen LogP contribution < -0.4 is 11.1 Å². The van der Waals surface area contributed by atoms with Crippen LogP contribution in [0.5, 0.6) is 0 Å². The molecule has 0 radical (unpaired) electrons. The first kappa shape index (κ1) is 14.8. The third-order valence-corrected chi connectivity index (χ3v) is 4.90. The van der Waals surface area contributed by atoms with E-state index in [0.29, 0.717) is 0 Å². The number of amides is 1. The summed E-state index contributed by atoms with van der Waals surface area (Å²) < 4.78 is 0.102. The van der Waals surface area contributed by atoms with Gasteiger partial charge in [-0.1, -0.05) is 19.3 Å². The number of hydrogen-bond donors (Lipinski definition) is 2. The third-order valence-electron chi connectivity index (χ3n) is 3.65. The summed E-state index contributed by atoms with van der Waals surface area (Å²) in [6, 6.07) is 0.0508. The minimum Gasteiger partial charge on any atom is -0.354 e. The molecule has 17 heavy (non-hydrogen) atoms. The van der Waals surface area contributed by atoms with Crippen LogP contribution in [0.2, 0.25) is 0 Å². The maximum absolute atomic E-state index is 12.1. The monoisotopic (exact) mass is 258 g/mol. The van der Waals surface area contributed by atoms with Crippen molar-refractivity contribution >= 4 is 17.7 Å². The lowest BCUT2D eigenvalue weighted by molar-refractivity contribution is -0.125. The average Bonchev–Trinajstić information content (AvgIpc) is 2.51. The Kier molecular flexibility index (Phi) is 5.80. The second-order valence-corrected chi connectivity index (χ2v) is 7.10. The number of rotatable bonds is 4. The fourth-order valence-electron chi connectivity index (χ4n) is 2.17. The second kappa shape index (κ2) is 6.64. The standard InChI is InChI=1S/C13H26N2OS/c1-13(2,17-3)9-15-12(16)10-7-5-4-6-8-11(10)14/h10-11H,4-9,14H2,1-3H3,(H,15,16). The van der Waals surface area contributed by atoms with Gasteiger partial charge in [-0.3, -0.25) is 4.79 Å². The normalized spacial score (nSPS) is 26.4. The van der Waals surface area contributed by atoms with Crippen molar-refractivity contribution < 1.29 is 4.79 Å². The van der Waals surface area contributed by atoms with E-state index in [1.54, 1.807) is 11.8 Å². The lowest BCUT2D eigenvalue weighted by Crippen LogP contribution is -2.45. The van der Waals surface area contributed by atoms with Crippen molar-refractivity contribution in [1.29, 1.82) is 0 Å². The van der Waals surface area contributed by atoms with Crippen molar-refractivity contribution in [3.63, 3.8) is 0 Å². The first-order valence-corrected chi connectivity index (χ1v) is 7.77. The van der Waals surface area contributed by atoms with E-state index in [2.05, 4.69) is 25.4 Å². The van der Waals surface area contributed by atoms with Crippen molar-refractivity contribution in [3.05, 3.63) is 0 Å². The summed E-state index contributed by atoms with van der Waals surface area (Å²) in [4.78, 5) is 12.1. The van der Waals surface area contributed by atoms with Gasteiger partial charge in [-0.25, -0.2) is 0 Å². The minimum absolute atomic E-state index is 0.0233. The minimum atomic E-state index is 0.0233. The van der Waals surface area contributed by atoms with Crippen LogP contribution in [0.1, 0.15) is 46.0 Å². The van der Waals surface area contributed by atoms with Gasteiger partial charge in [0.1, 0.15) is 0 Å². The molecule has 0 aromatic heterocycles. The lowest BCUT2D eigenvalue weighted by atomic mass is 9.94. The topological polar surface area (TPSA) is 55.1 Å². The van der Waals surface area contributed by atoms with Gasteiger partial charge in [0, 0.05) is 17.3 Å². The van der Waals surface area contributed by atoms with E-state index in [1.165, 1.54) is 12.8 Å². The quantitative estimate of drug-likeness (QED) is 0.760. The highest BCUT2D eigenvalue weighted by Crippen LogP contribution is 2.23. The molecule has 0 heterocycles. The summed E-state index contributed by atoms with van der Waals surface area (Å²) in [6.07, 6.45) is 7.53. The molecule has 0 aromatic carbocycles. The highest BCUT2D eigenvalue weighted by Gasteiger charge is 2.28. The van der Waals surface area contributed by atoms with Gasteiger partial charge >= 0.3 is 0 Å². The van der Waals surface area contributed by atoms with E-state index in [-0.39, 0.29) is 22.6 Å². The zero-order valence-electron chi connectivity index (χ0n) is 11.3. The molecular weight excluding hydrogens is 232 g/mol. The molecule has 1 saturated carbocycles. The Hall–Kier alpha value is -0.220. The van der Waals surface area contributed by atoms with Crippen LogP contribution in [-0.2, 0) is 4.79 Å². The van der Waals surface area contributed by atoms with Gasteiger partial charge in [-0.2, -0.15) is 11.8 Å². The van der Waals surface area contributed by atoms with Crippen LogP contribution in [0.15, 0.2) is 0 Å². The summed E-state index contributed by atoms with van der Waals surface area (Å²) >= 11 is 1.77. The second-order valence-electron chi connectivity index (χ2n) is 5.59. The lowest BCUT2D eigenvalue weighted by Gasteiger charge is -2.26. The Morgan fingerprint density at radius 2 is 2.00 bits per heavy atom. The number of thioether (sulfide) groups is 1. The molecule has 0 saturated heterocycles. The number of nitrogens with one attached hydrogen (secondary N) is 1. The van der Waals surface area contributed by atoms with Gasteiger partial charge in [0.25, 0.3) is 0 Å². The molecule has 2 atom stereocenters. The average molecular weight is 258 g/mol. The van der Waals surface area contributed by atoms with E-state index in [0.717, 1.165) is 25.8 Å². The summed E-state index contributed by atoms with van der Waals surface area (Å²) in [5.41, 5.74) is 6.09. The molecule has 100 valence electrons. The van der Waals surface area contributed by atoms with Crippen molar-refractivity contribution in [3.8, 4) is 0 Å². The maximum Gasteiger partial charge on any atom is 0.224 e. The smallest absolute Gasteiger partial charge is 0.224 e. The number of carbonyl (C=O) groups excluding carboxylic acids is 1. The van der Waals surface area contributed by atoms with E-state index >= 15 is 0 Å². The van der Waals surface area contributed by atoms with Gasteiger partial charge in [-0.15, -0.1) is 0 Å². The molecular formula is C13H26N2OS. The molecule has 2 unspecified atom stereocenters. The van der Waals surface area contributed by atoms with Crippen LogP contribution in [-0.4, -0.2) is 29.5 Å². The molecule has 0 bridgehead atoms. The molecule has 1 aliphatic carbocycles. The SMILES string of the molecule is CSC(C)(C)CNC(=O)C1CCCCCC1N. The van der Waals surface area contributed by atoms with Gasteiger partial charge in [0.15, 0.2) is 0 Å². The van der Waals surface area contributed by atoms with Gasteiger partial charge in [0.2, 0.25) is 5.91 Å². The van der Waals surface area contributed by atoms with Crippen molar-refractivity contribution in [2.75, 3.05) is 12.8 Å². The van der Waals surface area contributed by atoms with Crippen LogP contribution >= 0.6 is 11.8 Å². The molecule has 0 aromatic rings. The molecule has 1 aliphatic rings. The molecule has 0 spiro atoms. The first-order chi connectivity index (χ1) is 7.96. The van der Waals surface area contributed by atoms with Gasteiger partial charge < -0.3 is 11.1 Å². The predicted molar refractivity (Wildman–Crippen MR) is 75.2 cm³/mol. The van der Waals surface area contributed by atoms with E-state index in [9.17, 15) is 4.79 Å².